The average molecular weight is 441 g/mol. The number of carbonyl (C=O) groups is 1. The van der Waals surface area contributed by atoms with Gasteiger partial charge in [0.25, 0.3) is 0 Å². The maximum absolute atomic E-state index is 13.1. The second-order valence-electron chi connectivity index (χ2n) is 8.19. The van der Waals surface area contributed by atoms with Gasteiger partial charge in [0.15, 0.2) is 0 Å². The molecule has 2 aliphatic rings. The van der Waals surface area contributed by atoms with Gasteiger partial charge in [0.1, 0.15) is 5.82 Å². The number of nitrogens with zero attached hydrogens (tertiary/aromatic N) is 3. The molecule has 2 fully saturated rings. The van der Waals surface area contributed by atoms with Crippen molar-refractivity contribution in [2.24, 2.45) is 0 Å². The van der Waals surface area contributed by atoms with E-state index in [9.17, 15) is 4.79 Å². The molecular weight excluding hydrogens is 416 g/mol. The normalized spacial score (nSPS) is 22.1. The molecule has 5 nitrogen and oxygen atoms in total. The van der Waals surface area contributed by atoms with Crippen LogP contribution >= 0.6 is 22.9 Å². The van der Waals surface area contributed by atoms with Gasteiger partial charge < -0.3 is 15.1 Å². The molecule has 2 atom stereocenters. The molecule has 0 saturated carbocycles. The first kappa shape index (κ1) is 19.8. The third-order valence-electron chi connectivity index (χ3n) is 6.30. The topological polar surface area (TPSA) is 48.5 Å². The Kier molecular flexibility index (Phi) is 5.39. The number of pyridine rings is 1. The Bertz CT molecular complexity index is 1080. The SMILES string of the molecule is Cc1csc2c(N3CCN(C(=O)[C@H]4C[C@@H](c5cccc(Cl)c5)CN4)CC3)nccc12. The summed E-state index contributed by atoms with van der Waals surface area (Å²) in [5.41, 5.74) is 2.51. The van der Waals surface area contributed by atoms with E-state index in [0.29, 0.717) is 5.92 Å². The number of fused-ring (bicyclic) bond motifs is 1. The summed E-state index contributed by atoms with van der Waals surface area (Å²) in [4.78, 5) is 22.1. The van der Waals surface area contributed by atoms with Crippen molar-refractivity contribution in [1.82, 2.24) is 15.2 Å². The molecule has 2 aromatic heterocycles. The van der Waals surface area contributed by atoms with Crippen LogP contribution in [-0.2, 0) is 4.79 Å². The highest BCUT2D eigenvalue weighted by atomic mass is 35.5. The zero-order valence-corrected chi connectivity index (χ0v) is 18.5. The van der Waals surface area contributed by atoms with Gasteiger partial charge in [-0.1, -0.05) is 23.7 Å². The fraction of sp³-hybridized carbons (Fsp3) is 0.391. The molecule has 7 heteroatoms. The van der Waals surface area contributed by atoms with Gasteiger partial charge in [0.2, 0.25) is 5.91 Å². The molecule has 2 aliphatic heterocycles. The molecule has 4 heterocycles. The number of nitrogens with one attached hydrogen (secondary N) is 1. The summed E-state index contributed by atoms with van der Waals surface area (Å²) < 4.78 is 1.25. The van der Waals surface area contributed by atoms with Crippen LogP contribution in [0, 0.1) is 6.92 Å². The molecule has 0 spiro atoms. The largest absolute Gasteiger partial charge is 0.352 e. The van der Waals surface area contributed by atoms with Gasteiger partial charge in [-0.15, -0.1) is 11.3 Å². The van der Waals surface area contributed by atoms with Crippen LogP contribution in [0.1, 0.15) is 23.5 Å². The quantitative estimate of drug-likeness (QED) is 0.667. The molecule has 156 valence electrons. The van der Waals surface area contributed by atoms with Crippen molar-refractivity contribution < 1.29 is 4.79 Å². The van der Waals surface area contributed by atoms with Crippen LogP contribution in [0.2, 0.25) is 5.02 Å². The fourth-order valence-electron chi connectivity index (χ4n) is 4.60. The lowest BCUT2D eigenvalue weighted by Crippen LogP contribution is -2.53. The van der Waals surface area contributed by atoms with Crippen molar-refractivity contribution in [3.63, 3.8) is 0 Å². The van der Waals surface area contributed by atoms with E-state index in [2.05, 4.69) is 39.6 Å². The van der Waals surface area contributed by atoms with E-state index in [4.69, 9.17) is 11.6 Å². The number of aromatic nitrogens is 1. The number of hydrogen-bond acceptors (Lipinski definition) is 5. The van der Waals surface area contributed by atoms with Crippen LogP contribution in [0.15, 0.2) is 41.9 Å². The Hall–Kier alpha value is -2.15. The molecule has 1 aromatic carbocycles. The lowest BCUT2D eigenvalue weighted by atomic mass is 9.96. The maximum Gasteiger partial charge on any atom is 0.239 e. The van der Waals surface area contributed by atoms with Crippen molar-refractivity contribution >= 4 is 44.7 Å². The predicted octanol–water partition coefficient (Wildman–Crippen LogP) is 4.05. The van der Waals surface area contributed by atoms with E-state index in [1.165, 1.54) is 21.2 Å². The number of rotatable bonds is 3. The first-order chi connectivity index (χ1) is 14.6. The van der Waals surface area contributed by atoms with Crippen molar-refractivity contribution in [1.29, 1.82) is 0 Å². The van der Waals surface area contributed by atoms with Gasteiger partial charge in [0, 0.05) is 49.3 Å². The number of hydrogen-bond donors (Lipinski definition) is 1. The molecule has 0 radical (unpaired) electrons. The maximum atomic E-state index is 13.1. The molecule has 0 unspecified atom stereocenters. The highest BCUT2D eigenvalue weighted by Gasteiger charge is 2.34. The van der Waals surface area contributed by atoms with Crippen LogP contribution in [0.3, 0.4) is 0 Å². The summed E-state index contributed by atoms with van der Waals surface area (Å²) >= 11 is 7.90. The van der Waals surface area contributed by atoms with E-state index in [-0.39, 0.29) is 11.9 Å². The molecule has 30 heavy (non-hydrogen) atoms. The second kappa shape index (κ2) is 8.17. The van der Waals surface area contributed by atoms with Crippen LogP contribution in [0.4, 0.5) is 5.82 Å². The van der Waals surface area contributed by atoms with E-state index < -0.39 is 0 Å². The number of thiophene rings is 1. The molecule has 2 saturated heterocycles. The van der Waals surface area contributed by atoms with Crippen LogP contribution in [0.25, 0.3) is 10.1 Å². The number of piperazine rings is 1. The molecule has 1 amide bonds. The predicted molar refractivity (Wildman–Crippen MR) is 124 cm³/mol. The Morgan fingerprint density at radius 2 is 2.07 bits per heavy atom. The number of aryl methyl sites for hydroxylation is 1. The summed E-state index contributed by atoms with van der Waals surface area (Å²) in [7, 11) is 0. The number of carbonyl (C=O) groups excluding carboxylic acids is 1. The van der Waals surface area contributed by atoms with Crippen LogP contribution in [0.5, 0.6) is 0 Å². The minimum atomic E-state index is -0.109. The molecule has 0 bridgehead atoms. The Morgan fingerprint density at radius 1 is 1.23 bits per heavy atom. The van der Waals surface area contributed by atoms with Crippen LogP contribution in [-0.4, -0.2) is 54.6 Å². The van der Waals surface area contributed by atoms with Crippen molar-refractivity contribution in [2.45, 2.75) is 25.3 Å². The number of amides is 1. The van der Waals surface area contributed by atoms with Gasteiger partial charge >= 0.3 is 0 Å². The van der Waals surface area contributed by atoms with Crippen LogP contribution < -0.4 is 10.2 Å². The average Bonchev–Trinajstić information content (AvgIpc) is 3.41. The molecular formula is C23H25ClN4OS. The third-order valence-corrected chi connectivity index (χ3v) is 7.65. The molecule has 1 N–H and O–H groups in total. The summed E-state index contributed by atoms with van der Waals surface area (Å²) in [5, 5.41) is 7.66. The summed E-state index contributed by atoms with van der Waals surface area (Å²) in [6.45, 7) is 6.08. The summed E-state index contributed by atoms with van der Waals surface area (Å²) in [5.74, 6) is 1.61. The minimum Gasteiger partial charge on any atom is -0.352 e. The second-order valence-corrected chi connectivity index (χ2v) is 9.51. The zero-order valence-electron chi connectivity index (χ0n) is 17.0. The standard InChI is InChI=1S/C23H25ClN4OS/c1-15-14-30-21-19(15)5-6-25-22(21)27-7-9-28(10-8-27)23(29)20-12-17(13-26-20)16-3-2-4-18(24)11-16/h2-6,11,14,17,20,26H,7-10,12-13H2,1H3/t17-,20-/m1/s1. The first-order valence-electron chi connectivity index (χ1n) is 10.5. The summed E-state index contributed by atoms with van der Waals surface area (Å²) in [6, 6.07) is 9.97. The third kappa shape index (κ3) is 3.68. The van der Waals surface area contributed by atoms with Crippen molar-refractivity contribution in [3.8, 4) is 0 Å². The Morgan fingerprint density at radius 3 is 2.87 bits per heavy atom. The van der Waals surface area contributed by atoms with Gasteiger partial charge in [-0.3, -0.25) is 4.79 Å². The highest BCUT2D eigenvalue weighted by Crippen LogP contribution is 2.33. The monoisotopic (exact) mass is 440 g/mol. The molecule has 3 aromatic rings. The molecule has 5 rings (SSSR count). The lowest BCUT2D eigenvalue weighted by Gasteiger charge is -2.36. The van der Waals surface area contributed by atoms with E-state index in [0.717, 1.165) is 50.0 Å². The minimum absolute atomic E-state index is 0.109. The van der Waals surface area contributed by atoms with Crippen molar-refractivity contribution in [2.75, 3.05) is 37.6 Å². The Labute approximate surface area is 185 Å². The first-order valence-corrected chi connectivity index (χ1v) is 11.7. The van der Waals surface area contributed by atoms with Gasteiger partial charge in [0.05, 0.1) is 10.7 Å². The van der Waals surface area contributed by atoms with E-state index in [1.807, 2.05) is 29.3 Å². The van der Waals surface area contributed by atoms with Gasteiger partial charge in [-0.2, -0.15) is 0 Å². The number of benzene rings is 1. The lowest BCUT2D eigenvalue weighted by molar-refractivity contribution is -0.133. The van der Waals surface area contributed by atoms with Gasteiger partial charge in [-0.25, -0.2) is 4.98 Å². The number of anilines is 1. The smallest absolute Gasteiger partial charge is 0.239 e. The Balaban J connectivity index is 1.22. The summed E-state index contributed by atoms with van der Waals surface area (Å²) in [6.07, 6.45) is 2.72. The van der Waals surface area contributed by atoms with Gasteiger partial charge in [-0.05, 0) is 54.0 Å². The van der Waals surface area contributed by atoms with Crippen molar-refractivity contribution in [3.05, 3.63) is 58.1 Å². The van der Waals surface area contributed by atoms with E-state index in [1.54, 1.807) is 11.3 Å². The number of halogens is 1. The molecule has 0 aliphatic carbocycles. The van der Waals surface area contributed by atoms with E-state index >= 15 is 0 Å². The highest BCUT2D eigenvalue weighted by molar-refractivity contribution is 7.18. The fourth-order valence-corrected chi connectivity index (χ4v) is 5.86. The zero-order chi connectivity index (χ0) is 20.7.